The third-order valence-electron chi connectivity index (χ3n) is 8.46. The van der Waals surface area contributed by atoms with Crippen molar-refractivity contribution in [3.05, 3.63) is 47.8 Å². The predicted molar refractivity (Wildman–Crippen MR) is 138 cm³/mol. The number of primary sulfonamides is 1. The van der Waals surface area contributed by atoms with Crippen LogP contribution >= 0.6 is 0 Å². The summed E-state index contributed by atoms with van der Waals surface area (Å²) in [6.07, 6.45) is 7.51. The summed E-state index contributed by atoms with van der Waals surface area (Å²) < 4.78 is 24.2. The van der Waals surface area contributed by atoms with Gasteiger partial charge in [-0.3, -0.25) is 9.78 Å². The number of piperazine rings is 1. The molecule has 5 aliphatic rings. The van der Waals surface area contributed by atoms with Crippen molar-refractivity contribution in [3.63, 3.8) is 0 Å². The molecule has 9 nitrogen and oxygen atoms in total. The van der Waals surface area contributed by atoms with Crippen LogP contribution in [0.15, 0.2) is 36.7 Å². The fraction of sp³-hybridized carbons (Fsp3) is 0.423. The first kappa shape index (κ1) is 22.1. The summed E-state index contributed by atoms with van der Waals surface area (Å²) in [4.78, 5) is 26.5. The highest BCUT2D eigenvalue weighted by Crippen LogP contribution is 2.55. The lowest BCUT2D eigenvalue weighted by atomic mass is 9.64. The summed E-state index contributed by atoms with van der Waals surface area (Å²) in [5, 5.41) is 9.94. The van der Waals surface area contributed by atoms with Crippen LogP contribution in [0.2, 0.25) is 0 Å². The second-order valence-electron chi connectivity index (χ2n) is 10.8. The van der Waals surface area contributed by atoms with Crippen molar-refractivity contribution in [2.24, 2.45) is 5.14 Å². The number of nitrogens with two attached hydrogens (primary N) is 1. The first-order valence-corrected chi connectivity index (χ1v) is 14.2. The summed E-state index contributed by atoms with van der Waals surface area (Å²) in [6.45, 7) is 1.61. The summed E-state index contributed by atoms with van der Waals surface area (Å²) in [6, 6.07) is 8.76. The molecular weight excluding hydrogens is 476 g/mol. The number of aromatic nitrogens is 2. The number of nitrogens with one attached hydrogen (secondary N) is 1. The maximum Gasteiger partial charge on any atom is 0.237 e. The van der Waals surface area contributed by atoms with Gasteiger partial charge in [-0.15, -0.1) is 0 Å². The Bertz CT molecular complexity index is 1530. The molecule has 3 aromatic rings. The van der Waals surface area contributed by atoms with Crippen molar-refractivity contribution < 1.29 is 13.2 Å². The van der Waals surface area contributed by atoms with E-state index in [0.717, 1.165) is 72.1 Å². The van der Waals surface area contributed by atoms with Gasteiger partial charge in [-0.1, -0.05) is 12.5 Å². The van der Waals surface area contributed by atoms with E-state index in [1.165, 1.54) is 0 Å². The monoisotopic (exact) mass is 504 g/mol. The molecule has 2 bridgehead atoms. The largest absolute Gasteiger partial charge is 0.353 e. The van der Waals surface area contributed by atoms with Crippen LogP contribution in [0.4, 0.5) is 11.5 Å². The summed E-state index contributed by atoms with van der Waals surface area (Å²) >= 11 is 0. The second kappa shape index (κ2) is 7.47. The minimum absolute atomic E-state index is 0.152. The van der Waals surface area contributed by atoms with Crippen molar-refractivity contribution in [1.29, 1.82) is 0 Å². The van der Waals surface area contributed by atoms with Crippen LogP contribution in [0.5, 0.6) is 0 Å². The van der Waals surface area contributed by atoms with Crippen molar-refractivity contribution in [3.8, 4) is 11.1 Å². The Morgan fingerprint density at radius 1 is 1.11 bits per heavy atom. The Balaban J connectivity index is 1.34. The number of anilines is 2. The first-order chi connectivity index (χ1) is 17.2. The van der Waals surface area contributed by atoms with Crippen LogP contribution < -0.4 is 20.3 Å². The lowest BCUT2D eigenvalue weighted by molar-refractivity contribution is -0.125. The highest BCUT2D eigenvalue weighted by Gasteiger charge is 2.54. The van der Waals surface area contributed by atoms with E-state index in [1.807, 2.05) is 31.4 Å². The number of benzene rings is 1. The molecule has 1 saturated carbocycles. The average molecular weight is 505 g/mol. The number of pyridine rings is 2. The minimum Gasteiger partial charge on any atom is -0.353 e. The molecule has 6 heterocycles. The zero-order chi connectivity index (χ0) is 24.8. The molecule has 1 amide bonds. The Morgan fingerprint density at radius 2 is 1.86 bits per heavy atom. The van der Waals surface area contributed by atoms with E-state index in [-0.39, 0.29) is 11.7 Å². The molecule has 2 unspecified atom stereocenters. The number of likely N-dealkylation sites (N-methyl/N-ethyl adjacent to an activating group) is 1. The van der Waals surface area contributed by atoms with E-state index in [9.17, 15) is 13.2 Å². The van der Waals surface area contributed by atoms with Crippen LogP contribution in [0.25, 0.3) is 22.0 Å². The van der Waals surface area contributed by atoms with Crippen molar-refractivity contribution in [2.45, 2.75) is 48.9 Å². The van der Waals surface area contributed by atoms with E-state index in [1.54, 1.807) is 11.1 Å². The van der Waals surface area contributed by atoms with Gasteiger partial charge < -0.3 is 15.1 Å². The maximum absolute atomic E-state index is 13.2. The molecule has 1 aromatic carbocycles. The van der Waals surface area contributed by atoms with E-state index in [0.29, 0.717) is 23.5 Å². The fourth-order valence-corrected chi connectivity index (χ4v) is 7.25. The number of carbonyl (C=O) groups is 1. The molecule has 1 aliphatic carbocycles. The molecule has 2 atom stereocenters. The number of piperidine rings is 1. The number of sulfonamides is 1. The normalized spacial score (nSPS) is 24.1. The molecule has 8 rings (SSSR count). The van der Waals surface area contributed by atoms with Gasteiger partial charge in [0, 0.05) is 60.5 Å². The average Bonchev–Trinajstić information content (AvgIpc) is 3.04. The Morgan fingerprint density at radius 3 is 2.53 bits per heavy atom. The van der Waals surface area contributed by atoms with E-state index in [2.05, 4.69) is 21.3 Å². The summed E-state index contributed by atoms with van der Waals surface area (Å²) in [5.41, 5.74) is 4.69. The van der Waals surface area contributed by atoms with Gasteiger partial charge in [0.05, 0.1) is 28.6 Å². The van der Waals surface area contributed by atoms with E-state index in [4.69, 9.17) is 10.1 Å². The Hall–Kier alpha value is -3.08. The van der Waals surface area contributed by atoms with Gasteiger partial charge in [0.15, 0.2) is 0 Å². The molecule has 3 N–H and O–H groups in total. The second-order valence-corrected chi connectivity index (χ2v) is 12.4. The van der Waals surface area contributed by atoms with Crippen molar-refractivity contribution in [1.82, 2.24) is 15.3 Å². The molecule has 4 fully saturated rings. The van der Waals surface area contributed by atoms with Gasteiger partial charge in [-0.2, -0.15) is 0 Å². The van der Waals surface area contributed by atoms with Gasteiger partial charge in [-0.05, 0) is 43.0 Å². The van der Waals surface area contributed by atoms with E-state index < -0.39 is 15.4 Å². The number of rotatable bonds is 4. The molecule has 4 aliphatic heterocycles. The lowest BCUT2D eigenvalue weighted by Gasteiger charge is -2.49. The molecule has 1 spiro atoms. The highest BCUT2D eigenvalue weighted by molar-refractivity contribution is 7.88. The first-order valence-electron chi connectivity index (χ1n) is 12.4. The molecular formula is C26H28N6O3S. The minimum atomic E-state index is -3.74. The fourth-order valence-electron chi connectivity index (χ4n) is 6.61. The Kier molecular flexibility index (Phi) is 4.59. The smallest absolute Gasteiger partial charge is 0.237 e. The standard InChI is InChI=1S/C26H28N6O3S/c1-31-22-11-28-21-4-3-15(8-20(21)23(22)26(25(31)33)5-2-6-26)16-7-17(14-36(27,34)35)24(29-10-16)32-12-18-9-19(13-32)30-18/h3-4,7-8,10-11,18-19,30H,2,5-6,9,12-14H2,1H3,(H2,27,34,35). The molecule has 0 radical (unpaired) electrons. The maximum atomic E-state index is 13.2. The van der Waals surface area contributed by atoms with Gasteiger partial charge >= 0.3 is 0 Å². The van der Waals surface area contributed by atoms with Crippen LogP contribution in [-0.4, -0.2) is 56.5 Å². The third-order valence-corrected chi connectivity index (χ3v) is 9.18. The number of fused-ring (bicyclic) bond motifs is 6. The molecule has 186 valence electrons. The van der Waals surface area contributed by atoms with Gasteiger partial charge in [0.25, 0.3) is 0 Å². The van der Waals surface area contributed by atoms with Crippen LogP contribution in [0.1, 0.15) is 36.8 Å². The van der Waals surface area contributed by atoms with Gasteiger partial charge in [0.2, 0.25) is 15.9 Å². The summed E-state index contributed by atoms with van der Waals surface area (Å²) in [5.74, 6) is 0.571. The quantitative estimate of drug-likeness (QED) is 0.558. The van der Waals surface area contributed by atoms with Gasteiger partial charge in [0.1, 0.15) is 5.82 Å². The lowest BCUT2D eigenvalue weighted by Crippen LogP contribution is -2.67. The van der Waals surface area contributed by atoms with E-state index >= 15 is 0 Å². The highest BCUT2D eigenvalue weighted by atomic mass is 32.2. The SMILES string of the molecule is CN1C(=O)C2(CCC2)c2c1cnc1ccc(-c3cnc(N4CC5CC(C4)N5)c(CS(N)(=O)=O)c3)cc21. The molecule has 36 heavy (non-hydrogen) atoms. The van der Waals surface area contributed by atoms with Crippen LogP contribution in [0, 0.1) is 0 Å². The predicted octanol–water partition coefficient (Wildman–Crippen LogP) is 2.03. The molecule has 3 saturated heterocycles. The van der Waals surface area contributed by atoms with Crippen molar-refractivity contribution in [2.75, 3.05) is 29.9 Å². The number of hydrogen-bond donors (Lipinski definition) is 2. The zero-order valence-corrected chi connectivity index (χ0v) is 20.9. The van der Waals surface area contributed by atoms with Crippen LogP contribution in [0.3, 0.4) is 0 Å². The number of carbonyl (C=O) groups excluding carboxylic acids is 1. The number of hydrogen-bond acceptors (Lipinski definition) is 7. The zero-order valence-electron chi connectivity index (χ0n) is 20.1. The van der Waals surface area contributed by atoms with Crippen LogP contribution in [-0.2, 0) is 26.0 Å². The topological polar surface area (TPSA) is 122 Å². The number of amides is 1. The summed E-state index contributed by atoms with van der Waals surface area (Å²) in [7, 11) is -1.91. The number of nitrogens with zero attached hydrogens (tertiary/aromatic N) is 4. The molecule has 10 heteroatoms. The molecule has 2 aromatic heterocycles. The van der Waals surface area contributed by atoms with Gasteiger partial charge in [-0.25, -0.2) is 18.5 Å². The third kappa shape index (κ3) is 3.21. The van der Waals surface area contributed by atoms with Crippen molar-refractivity contribution >= 4 is 38.3 Å². The Labute approximate surface area is 209 Å².